The van der Waals surface area contributed by atoms with Crippen LogP contribution < -0.4 is 5.73 Å². The van der Waals surface area contributed by atoms with E-state index in [2.05, 4.69) is 5.16 Å². The van der Waals surface area contributed by atoms with Crippen molar-refractivity contribution >= 4 is 23.5 Å². The van der Waals surface area contributed by atoms with Crippen LogP contribution in [0, 0.1) is 5.92 Å². The van der Waals surface area contributed by atoms with Gasteiger partial charge in [0, 0.05) is 19.3 Å². The average Bonchev–Trinajstić information content (AvgIpc) is 2.31. The molecule has 0 aromatic rings. The number of oxime groups is 1. The topological polar surface area (TPSA) is 78.9 Å². The van der Waals surface area contributed by atoms with Crippen LogP contribution in [0.3, 0.4) is 0 Å². The second-order valence-corrected chi connectivity index (χ2v) is 4.60. The lowest BCUT2D eigenvalue weighted by molar-refractivity contribution is -0.132. The van der Waals surface area contributed by atoms with Gasteiger partial charge < -0.3 is 15.8 Å². The van der Waals surface area contributed by atoms with E-state index in [0.717, 1.165) is 12.2 Å². The molecule has 0 radical (unpaired) electrons. The Morgan fingerprint density at radius 1 is 1.62 bits per heavy atom. The van der Waals surface area contributed by atoms with E-state index >= 15 is 0 Å². The number of nitrogens with two attached hydrogens (primary N) is 1. The first-order valence-electron chi connectivity index (χ1n) is 5.29. The lowest BCUT2D eigenvalue weighted by Gasteiger charge is -2.22. The Morgan fingerprint density at radius 3 is 2.69 bits per heavy atom. The smallest absolute Gasteiger partial charge is 0.233 e. The van der Waals surface area contributed by atoms with Gasteiger partial charge >= 0.3 is 0 Å². The molecule has 3 N–H and O–H groups in total. The van der Waals surface area contributed by atoms with E-state index < -0.39 is 5.92 Å². The zero-order chi connectivity index (χ0) is 12.6. The number of amidine groups is 1. The summed E-state index contributed by atoms with van der Waals surface area (Å²) in [7, 11) is 1.74. The molecule has 6 heteroatoms. The molecule has 0 fully saturated rings. The van der Waals surface area contributed by atoms with Gasteiger partial charge in [-0.1, -0.05) is 18.5 Å². The average molecular weight is 247 g/mol. The number of hydrogen-bond acceptors (Lipinski definition) is 4. The third-order valence-corrected chi connectivity index (χ3v) is 2.95. The largest absolute Gasteiger partial charge is 0.409 e. The van der Waals surface area contributed by atoms with Crippen molar-refractivity contribution in [2.24, 2.45) is 16.8 Å². The second-order valence-electron chi connectivity index (χ2n) is 3.62. The highest BCUT2D eigenvalue weighted by molar-refractivity contribution is 7.98. The predicted molar refractivity (Wildman–Crippen MR) is 67.8 cm³/mol. The van der Waals surface area contributed by atoms with Gasteiger partial charge in [0.25, 0.3) is 0 Å². The van der Waals surface area contributed by atoms with E-state index in [1.807, 2.05) is 13.2 Å². The van der Waals surface area contributed by atoms with E-state index in [0.29, 0.717) is 13.0 Å². The first-order chi connectivity index (χ1) is 7.58. The molecule has 0 bridgehead atoms. The minimum Gasteiger partial charge on any atom is -0.409 e. The second kappa shape index (κ2) is 8.27. The lowest BCUT2D eigenvalue weighted by atomic mass is 10.0. The third kappa shape index (κ3) is 4.74. The van der Waals surface area contributed by atoms with Crippen LogP contribution >= 0.6 is 11.8 Å². The monoisotopic (exact) mass is 247 g/mol. The maximum absolute atomic E-state index is 12.0. The van der Waals surface area contributed by atoms with E-state index in [1.54, 1.807) is 23.7 Å². The van der Waals surface area contributed by atoms with Crippen molar-refractivity contribution in [2.45, 2.75) is 19.8 Å². The van der Waals surface area contributed by atoms with Gasteiger partial charge in [-0.15, -0.1) is 0 Å². The van der Waals surface area contributed by atoms with E-state index in [1.165, 1.54) is 0 Å². The molecule has 1 unspecified atom stereocenters. The summed E-state index contributed by atoms with van der Waals surface area (Å²) in [6.07, 6.45) is 3.42. The normalized spacial score (nSPS) is 13.6. The van der Waals surface area contributed by atoms with Crippen molar-refractivity contribution in [3.8, 4) is 0 Å². The zero-order valence-corrected chi connectivity index (χ0v) is 11.0. The minimum atomic E-state index is -0.498. The van der Waals surface area contributed by atoms with Gasteiger partial charge in [0.05, 0.1) is 5.92 Å². The fraction of sp³-hybridized carbons (Fsp3) is 0.800. The van der Waals surface area contributed by atoms with Gasteiger partial charge in [-0.25, -0.2) is 0 Å². The molecular formula is C10H21N3O2S. The molecule has 0 saturated carbocycles. The molecule has 0 aromatic heterocycles. The van der Waals surface area contributed by atoms with E-state index in [4.69, 9.17) is 10.9 Å². The van der Waals surface area contributed by atoms with Crippen LogP contribution in [0.25, 0.3) is 0 Å². The van der Waals surface area contributed by atoms with Crippen molar-refractivity contribution in [1.29, 1.82) is 0 Å². The van der Waals surface area contributed by atoms with E-state index in [9.17, 15) is 4.79 Å². The van der Waals surface area contributed by atoms with Gasteiger partial charge in [0.1, 0.15) is 0 Å². The first kappa shape index (κ1) is 15.1. The van der Waals surface area contributed by atoms with Crippen LogP contribution in [0.2, 0.25) is 0 Å². The Hall–Kier alpha value is -0.910. The van der Waals surface area contributed by atoms with E-state index in [-0.39, 0.29) is 11.7 Å². The molecule has 0 spiro atoms. The molecule has 0 aliphatic heterocycles. The van der Waals surface area contributed by atoms with Gasteiger partial charge in [-0.3, -0.25) is 4.79 Å². The summed E-state index contributed by atoms with van der Waals surface area (Å²) in [5.41, 5.74) is 5.52. The maximum atomic E-state index is 12.0. The highest BCUT2D eigenvalue weighted by atomic mass is 32.2. The SMILES string of the molecule is CCCC(C(=O)N(C)CCSC)C(N)=NO. The van der Waals surface area contributed by atoms with Crippen molar-refractivity contribution in [2.75, 3.05) is 25.6 Å². The van der Waals surface area contributed by atoms with Crippen molar-refractivity contribution in [1.82, 2.24) is 4.90 Å². The molecule has 0 aliphatic carbocycles. The third-order valence-electron chi connectivity index (χ3n) is 2.35. The predicted octanol–water partition coefficient (Wildman–Crippen LogP) is 0.970. The molecule has 1 atom stereocenters. The van der Waals surface area contributed by atoms with Crippen molar-refractivity contribution in [3.63, 3.8) is 0 Å². The maximum Gasteiger partial charge on any atom is 0.233 e. The summed E-state index contributed by atoms with van der Waals surface area (Å²) in [6, 6.07) is 0. The Balaban J connectivity index is 4.48. The molecular weight excluding hydrogens is 226 g/mol. The Bertz CT molecular complexity index is 246. The van der Waals surface area contributed by atoms with Crippen molar-refractivity contribution < 1.29 is 10.0 Å². The molecule has 0 heterocycles. The lowest BCUT2D eigenvalue weighted by Crippen LogP contribution is -2.40. The highest BCUT2D eigenvalue weighted by Crippen LogP contribution is 2.10. The Kier molecular flexibility index (Phi) is 7.80. The molecule has 16 heavy (non-hydrogen) atoms. The number of thioether (sulfide) groups is 1. The summed E-state index contributed by atoms with van der Waals surface area (Å²) < 4.78 is 0. The minimum absolute atomic E-state index is 0.00264. The van der Waals surface area contributed by atoms with Crippen LogP contribution in [-0.2, 0) is 4.79 Å². The number of nitrogens with zero attached hydrogens (tertiary/aromatic N) is 2. The van der Waals surface area contributed by atoms with Crippen LogP contribution in [0.15, 0.2) is 5.16 Å². The molecule has 94 valence electrons. The standard InChI is InChI=1S/C10H21N3O2S/c1-4-5-8(9(11)12-15)10(14)13(2)6-7-16-3/h8,15H,4-7H2,1-3H3,(H2,11,12). The fourth-order valence-corrected chi connectivity index (χ4v) is 1.82. The molecule has 0 aliphatic rings. The van der Waals surface area contributed by atoms with Crippen molar-refractivity contribution in [3.05, 3.63) is 0 Å². The quantitative estimate of drug-likeness (QED) is 0.304. The van der Waals surface area contributed by atoms with Gasteiger partial charge in [-0.2, -0.15) is 11.8 Å². The number of rotatable bonds is 7. The summed E-state index contributed by atoms with van der Waals surface area (Å²) in [5, 5.41) is 11.6. The summed E-state index contributed by atoms with van der Waals surface area (Å²) in [5.74, 6) is 0.313. The highest BCUT2D eigenvalue weighted by Gasteiger charge is 2.25. The zero-order valence-electron chi connectivity index (χ0n) is 10.1. The summed E-state index contributed by atoms with van der Waals surface area (Å²) in [4.78, 5) is 13.6. The van der Waals surface area contributed by atoms with Gasteiger partial charge in [0.2, 0.25) is 5.91 Å². The van der Waals surface area contributed by atoms with Crippen LogP contribution in [0.5, 0.6) is 0 Å². The summed E-state index contributed by atoms with van der Waals surface area (Å²) in [6.45, 7) is 2.64. The van der Waals surface area contributed by atoms with Crippen LogP contribution in [0.1, 0.15) is 19.8 Å². The number of hydrogen-bond donors (Lipinski definition) is 2. The van der Waals surface area contributed by atoms with Gasteiger partial charge in [-0.05, 0) is 12.7 Å². The number of carbonyl (C=O) groups is 1. The number of carbonyl (C=O) groups excluding carboxylic acids is 1. The molecule has 0 rings (SSSR count). The molecule has 0 saturated heterocycles. The molecule has 1 amide bonds. The fourth-order valence-electron chi connectivity index (χ4n) is 1.36. The number of amides is 1. The van der Waals surface area contributed by atoms with Crippen LogP contribution in [0.4, 0.5) is 0 Å². The van der Waals surface area contributed by atoms with Gasteiger partial charge in [0.15, 0.2) is 5.84 Å². The Morgan fingerprint density at radius 2 is 2.25 bits per heavy atom. The molecule has 5 nitrogen and oxygen atoms in total. The van der Waals surface area contributed by atoms with Crippen LogP contribution in [-0.4, -0.2) is 47.5 Å². The summed E-state index contributed by atoms with van der Waals surface area (Å²) >= 11 is 1.68. The Labute approximate surface area is 101 Å². The first-order valence-corrected chi connectivity index (χ1v) is 6.69. The molecule has 0 aromatic carbocycles.